The van der Waals surface area contributed by atoms with Gasteiger partial charge in [0.25, 0.3) is 0 Å². The number of hydrogen-bond acceptors (Lipinski definition) is 5. The first-order valence-corrected chi connectivity index (χ1v) is 6.15. The molecule has 0 saturated carbocycles. The molecule has 0 amide bonds. The van der Waals surface area contributed by atoms with E-state index in [9.17, 15) is 4.79 Å². The van der Waals surface area contributed by atoms with E-state index < -0.39 is 5.97 Å². The van der Waals surface area contributed by atoms with E-state index in [1.54, 1.807) is 12.1 Å². The van der Waals surface area contributed by atoms with Gasteiger partial charge in [-0.05, 0) is 13.0 Å². The number of methoxy groups -OCH3 is 1. The molecular weight excluding hydrogens is 286 g/mol. The second kappa shape index (κ2) is 5.83. The summed E-state index contributed by atoms with van der Waals surface area (Å²) in [6.45, 7) is 2.26. The number of aromatic nitrogens is 1. The van der Waals surface area contributed by atoms with Crippen molar-refractivity contribution in [1.82, 2.24) is 5.16 Å². The maximum Gasteiger partial charge on any atom is 0.358 e. The minimum Gasteiger partial charge on any atom is -0.495 e. The highest BCUT2D eigenvalue weighted by molar-refractivity contribution is 6.32. The molecule has 0 fully saturated rings. The number of benzene rings is 1. The Kier molecular flexibility index (Phi) is 4.14. The first-order valence-electron chi connectivity index (χ1n) is 5.77. The first kappa shape index (κ1) is 14.2. The predicted octanol–water partition coefficient (Wildman–Crippen LogP) is 3.10. The molecular formula is C13H12ClNO5. The lowest BCUT2D eigenvalue weighted by molar-refractivity contribution is 0.0686. The standard InChI is InChI=1S/C13H12ClNO5/c1-3-19-10-6-12(18-2)8(14)4-7(10)11-5-9(13(16)17)15-20-11/h4-6H,3H2,1-2H3,(H,16,17). The largest absolute Gasteiger partial charge is 0.495 e. The van der Waals surface area contributed by atoms with Crippen molar-refractivity contribution < 1.29 is 23.9 Å². The van der Waals surface area contributed by atoms with Gasteiger partial charge in [0.1, 0.15) is 11.5 Å². The number of carboxylic acid groups (broad SMARTS) is 1. The molecule has 20 heavy (non-hydrogen) atoms. The summed E-state index contributed by atoms with van der Waals surface area (Å²) in [6, 6.07) is 4.50. The molecule has 106 valence electrons. The minimum absolute atomic E-state index is 0.186. The number of carboxylic acids is 1. The topological polar surface area (TPSA) is 81.8 Å². The number of hydrogen-bond donors (Lipinski definition) is 1. The molecule has 1 aromatic carbocycles. The van der Waals surface area contributed by atoms with Crippen LogP contribution in [0.25, 0.3) is 11.3 Å². The van der Waals surface area contributed by atoms with E-state index in [1.165, 1.54) is 13.2 Å². The zero-order chi connectivity index (χ0) is 14.7. The quantitative estimate of drug-likeness (QED) is 0.913. The Morgan fingerprint density at radius 2 is 2.15 bits per heavy atom. The summed E-state index contributed by atoms with van der Waals surface area (Å²) in [4.78, 5) is 10.8. The molecule has 0 aliphatic carbocycles. The van der Waals surface area contributed by atoms with Crippen molar-refractivity contribution >= 4 is 17.6 Å². The Morgan fingerprint density at radius 1 is 1.40 bits per heavy atom. The third-order valence-corrected chi connectivity index (χ3v) is 2.84. The normalized spacial score (nSPS) is 10.3. The smallest absolute Gasteiger partial charge is 0.358 e. The molecule has 7 heteroatoms. The zero-order valence-corrected chi connectivity index (χ0v) is 11.6. The molecule has 0 radical (unpaired) electrons. The van der Waals surface area contributed by atoms with Gasteiger partial charge < -0.3 is 19.1 Å². The van der Waals surface area contributed by atoms with Crippen LogP contribution in [0.4, 0.5) is 0 Å². The third-order valence-electron chi connectivity index (χ3n) is 2.55. The third kappa shape index (κ3) is 2.70. The van der Waals surface area contributed by atoms with Gasteiger partial charge in [0.2, 0.25) is 0 Å². The van der Waals surface area contributed by atoms with Gasteiger partial charge in [-0.3, -0.25) is 0 Å². The van der Waals surface area contributed by atoms with Crippen LogP contribution >= 0.6 is 11.6 Å². The molecule has 1 N–H and O–H groups in total. The summed E-state index contributed by atoms with van der Waals surface area (Å²) >= 11 is 6.06. The summed E-state index contributed by atoms with van der Waals surface area (Å²) < 4.78 is 15.6. The van der Waals surface area contributed by atoms with Gasteiger partial charge in [-0.25, -0.2) is 4.79 Å². The van der Waals surface area contributed by atoms with Gasteiger partial charge in [-0.2, -0.15) is 0 Å². The molecule has 0 spiro atoms. The molecule has 0 aliphatic rings. The van der Waals surface area contributed by atoms with Crippen molar-refractivity contribution in [1.29, 1.82) is 0 Å². The monoisotopic (exact) mass is 297 g/mol. The average molecular weight is 298 g/mol. The van der Waals surface area contributed by atoms with Crippen LogP contribution in [0.3, 0.4) is 0 Å². The summed E-state index contributed by atoms with van der Waals surface area (Å²) in [5, 5.41) is 12.7. The van der Waals surface area contributed by atoms with Crippen LogP contribution in [-0.2, 0) is 0 Å². The van der Waals surface area contributed by atoms with Crippen LogP contribution in [0.1, 0.15) is 17.4 Å². The number of halogens is 1. The van der Waals surface area contributed by atoms with E-state index in [2.05, 4.69) is 5.16 Å². The average Bonchev–Trinajstić information content (AvgIpc) is 2.90. The van der Waals surface area contributed by atoms with Crippen molar-refractivity contribution in [2.24, 2.45) is 0 Å². The number of nitrogens with zero attached hydrogens (tertiary/aromatic N) is 1. The maximum atomic E-state index is 10.8. The Morgan fingerprint density at radius 3 is 2.70 bits per heavy atom. The molecule has 0 bridgehead atoms. The molecule has 2 aromatic rings. The highest BCUT2D eigenvalue weighted by Crippen LogP contribution is 2.38. The maximum absolute atomic E-state index is 10.8. The fourth-order valence-electron chi connectivity index (χ4n) is 1.66. The number of carbonyl (C=O) groups is 1. The summed E-state index contributed by atoms with van der Waals surface area (Å²) in [6.07, 6.45) is 0. The van der Waals surface area contributed by atoms with Crippen molar-refractivity contribution in [2.45, 2.75) is 6.92 Å². The fraction of sp³-hybridized carbons (Fsp3) is 0.231. The van der Waals surface area contributed by atoms with Gasteiger partial charge in [0, 0.05) is 12.1 Å². The second-order valence-corrected chi connectivity index (χ2v) is 4.20. The Balaban J connectivity index is 2.52. The number of ether oxygens (including phenoxy) is 2. The van der Waals surface area contributed by atoms with E-state index in [0.29, 0.717) is 28.7 Å². The summed E-state index contributed by atoms with van der Waals surface area (Å²) in [5.74, 6) is 0.0200. The lowest BCUT2D eigenvalue weighted by atomic mass is 10.1. The van der Waals surface area contributed by atoms with Crippen LogP contribution in [0.2, 0.25) is 5.02 Å². The van der Waals surface area contributed by atoms with Crippen molar-refractivity contribution in [3.8, 4) is 22.8 Å². The van der Waals surface area contributed by atoms with Crippen LogP contribution in [0.15, 0.2) is 22.7 Å². The lowest BCUT2D eigenvalue weighted by Crippen LogP contribution is -1.96. The highest BCUT2D eigenvalue weighted by atomic mass is 35.5. The Hall–Kier alpha value is -2.21. The van der Waals surface area contributed by atoms with Crippen LogP contribution < -0.4 is 9.47 Å². The zero-order valence-electron chi connectivity index (χ0n) is 10.8. The molecule has 2 rings (SSSR count). The number of rotatable bonds is 5. The summed E-state index contributed by atoms with van der Waals surface area (Å²) in [5.41, 5.74) is 0.326. The molecule has 0 atom stereocenters. The van der Waals surface area contributed by atoms with Crippen molar-refractivity contribution in [2.75, 3.05) is 13.7 Å². The summed E-state index contributed by atoms with van der Waals surface area (Å²) in [7, 11) is 1.49. The van der Waals surface area contributed by atoms with Crippen LogP contribution in [0, 0.1) is 0 Å². The van der Waals surface area contributed by atoms with Gasteiger partial charge in [0.05, 0.1) is 24.3 Å². The Bertz CT molecular complexity index is 638. The molecule has 6 nitrogen and oxygen atoms in total. The van der Waals surface area contributed by atoms with Crippen LogP contribution in [-0.4, -0.2) is 29.9 Å². The van der Waals surface area contributed by atoms with E-state index in [4.69, 9.17) is 30.7 Å². The second-order valence-electron chi connectivity index (χ2n) is 3.80. The van der Waals surface area contributed by atoms with Gasteiger partial charge >= 0.3 is 5.97 Å². The Labute approximate surface area is 119 Å². The molecule has 0 saturated heterocycles. The minimum atomic E-state index is -1.17. The van der Waals surface area contributed by atoms with E-state index in [1.807, 2.05) is 6.92 Å². The SMILES string of the molecule is CCOc1cc(OC)c(Cl)cc1-c1cc(C(=O)O)no1. The van der Waals surface area contributed by atoms with Gasteiger partial charge in [-0.15, -0.1) is 0 Å². The highest BCUT2D eigenvalue weighted by Gasteiger charge is 2.18. The van der Waals surface area contributed by atoms with Crippen molar-refractivity contribution in [3.63, 3.8) is 0 Å². The van der Waals surface area contributed by atoms with E-state index in [-0.39, 0.29) is 11.5 Å². The molecule has 0 aliphatic heterocycles. The first-order chi connectivity index (χ1) is 9.56. The molecule has 1 aromatic heterocycles. The van der Waals surface area contributed by atoms with E-state index >= 15 is 0 Å². The fourth-order valence-corrected chi connectivity index (χ4v) is 1.90. The predicted molar refractivity (Wildman–Crippen MR) is 71.6 cm³/mol. The van der Waals surface area contributed by atoms with Gasteiger partial charge in [-0.1, -0.05) is 16.8 Å². The number of aromatic carboxylic acids is 1. The lowest BCUT2D eigenvalue weighted by Gasteiger charge is -2.11. The van der Waals surface area contributed by atoms with Crippen LogP contribution in [0.5, 0.6) is 11.5 Å². The van der Waals surface area contributed by atoms with Crippen molar-refractivity contribution in [3.05, 3.63) is 28.9 Å². The van der Waals surface area contributed by atoms with Gasteiger partial charge in [0.15, 0.2) is 11.5 Å². The van der Waals surface area contributed by atoms with E-state index in [0.717, 1.165) is 0 Å². The molecule has 0 unspecified atom stereocenters. The molecule has 1 heterocycles.